The van der Waals surface area contributed by atoms with Gasteiger partial charge in [0.25, 0.3) is 5.91 Å². The van der Waals surface area contributed by atoms with Crippen molar-refractivity contribution >= 4 is 5.91 Å². The van der Waals surface area contributed by atoms with Gasteiger partial charge in [0, 0.05) is 19.1 Å². The Bertz CT molecular complexity index is 389. The van der Waals surface area contributed by atoms with E-state index in [9.17, 15) is 9.90 Å². The fourth-order valence-corrected chi connectivity index (χ4v) is 1.73. The zero-order valence-corrected chi connectivity index (χ0v) is 9.48. The summed E-state index contributed by atoms with van der Waals surface area (Å²) in [7, 11) is 0. The number of hydrogen-bond acceptors (Lipinski definition) is 4. The van der Waals surface area contributed by atoms with Crippen LogP contribution in [0.15, 0.2) is 24.3 Å². The minimum atomic E-state index is -0.268. The van der Waals surface area contributed by atoms with Crippen molar-refractivity contribution < 1.29 is 14.6 Å². The molecule has 1 aromatic carbocycles. The van der Waals surface area contributed by atoms with E-state index in [4.69, 9.17) is 4.74 Å². The highest BCUT2D eigenvalue weighted by molar-refractivity contribution is 5.96. The summed E-state index contributed by atoms with van der Waals surface area (Å²) in [6.45, 7) is 2.61. The maximum Gasteiger partial charge on any atom is 0.255 e. The van der Waals surface area contributed by atoms with Gasteiger partial charge >= 0.3 is 0 Å². The van der Waals surface area contributed by atoms with Gasteiger partial charge in [0.15, 0.2) is 0 Å². The summed E-state index contributed by atoms with van der Waals surface area (Å²) in [5, 5.41) is 15.5. The van der Waals surface area contributed by atoms with Gasteiger partial charge in [-0.15, -0.1) is 0 Å². The van der Waals surface area contributed by atoms with Crippen molar-refractivity contribution in [2.24, 2.45) is 0 Å². The van der Waals surface area contributed by atoms with Crippen LogP contribution in [0.5, 0.6) is 5.75 Å². The summed E-state index contributed by atoms with van der Waals surface area (Å²) in [4.78, 5) is 11.8. The number of carbonyl (C=O) groups is 1. The molecule has 2 rings (SSSR count). The predicted molar refractivity (Wildman–Crippen MR) is 63.0 cm³/mol. The number of para-hydroxylation sites is 1. The molecule has 0 spiro atoms. The molecule has 0 bridgehead atoms. The lowest BCUT2D eigenvalue weighted by Crippen LogP contribution is -2.48. The lowest BCUT2D eigenvalue weighted by atomic mass is 10.2. The molecule has 92 valence electrons. The van der Waals surface area contributed by atoms with E-state index in [2.05, 4.69) is 10.6 Å². The van der Waals surface area contributed by atoms with Crippen molar-refractivity contribution in [3.05, 3.63) is 29.8 Å². The summed E-state index contributed by atoms with van der Waals surface area (Å²) >= 11 is 0. The molecule has 0 aromatic heterocycles. The van der Waals surface area contributed by atoms with Crippen LogP contribution in [-0.2, 0) is 4.74 Å². The van der Waals surface area contributed by atoms with E-state index in [0.29, 0.717) is 25.3 Å². The molecule has 1 saturated heterocycles. The molecule has 17 heavy (non-hydrogen) atoms. The van der Waals surface area contributed by atoms with Gasteiger partial charge in [-0.2, -0.15) is 0 Å². The van der Waals surface area contributed by atoms with Crippen LogP contribution in [0.4, 0.5) is 0 Å². The topological polar surface area (TPSA) is 70.6 Å². The van der Waals surface area contributed by atoms with Crippen molar-refractivity contribution in [3.8, 4) is 5.75 Å². The van der Waals surface area contributed by atoms with Crippen LogP contribution >= 0.6 is 0 Å². The molecule has 0 aliphatic carbocycles. The molecule has 1 atom stereocenters. The number of aromatic hydroxyl groups is 1. The Labute approximate surface area is 99.8 Å². The van der Waals surface area contributed by atoms with Crippen LogP contribution in [-0.4, -0.2) is 43.4 Å². The first-order valence-electron chi connectivity index (χ1n) is 5.64. The van der Waals surface area contributed by atoms with E-state index in [1.165, 1.54) is 6.07 Å². The number of hydrogen-bond donors (Lipinski definition) is 3. The summed E-state index contributed by atoms with van der Waals surface area (Å²) in [6.07, 6.45) is 0. The second-order valence-corrected chi connectivity index (χ2v) is 3.95. The highest BCUT2D eigenvalue weighted by Crippen LogP contribution is 2.14. The number of rotatable bonds is 3. The average Bonchev–Trinajstić information content (AvgIpc) is 2.38. The normalized spacial score (nSPS) is 19.9. The van der Waals surface area contributed by atoms with E-state index in [1.807, 2.05) is 0 Å². The second kappa shape index (κ2) is 5.65. The predicted octanol–water partition coefficient (Wildman–Crippen LogP) is 0.110. The zero-order valence-electron chi connectivity index (χ0n) is 9.48. The monoisotopic (exact) mass is 236 g/mol. The molecule has 0 saturated carbocycles. The van der Waals surface area contributed by atoms with Crippen molar-refractivity contribution in [2.45, 2.75) is 6.04 Å². The minimum absolute atomic E-state index is 0.00199. The first-order chi connectivity index (χ1) is 8.27. The Morgan fingerprint density at radius 1 is 1.53 bits per heavy atom. The summed E-state index contributed by atoms with van der Waals surface area (Å²) in [5.41, 5.74) is 0.296. The third-order valence-corrected chi connectivity index (χ3v) is 2.66. The van der Waals surface area contributed by atoms with Crippen molar-refractivity contribution in [2.75, 3.05) is 26.3 Å². The Balaban J connectivity index is 1.87. The molecule has 1 unspecified atom stereocenters. The van der Waals surface area contributed by atoms with Crippen LogP contribution in [0.1, 0.15) is 10.4 Å². The first kappa shape index (κ1) is 11.9. The molecule has 1 aliphatic rings. The molecular weight excluding hydrogens is 220 g/mol. The number of carbonyl (C=O) groups excluding carboxylic acids is 1. The maximum atomic E-state index is 11.8. The van der Waals surface area contributed by atoms with E-state index >= 15 is 0 Å². The van der Waals surface area contributed by atoms with Gasteiger partial charge in [0.1, 0.15) is 5.75 Å². The van der Waals surface area contributed by atoms with E-state index in [0.717, 1.165) is 6.54 Å². The van der Waals surface area contributed by atoms with Crippen molar-refractivity contribution in [1.82, 2.24) is 10.6 Å². The highest BCUT2D eigenvalue weighted by Gasteiger charge is 2.15. The largest absolute Gasteiger partial charge is 0.507 e. The quantitative estimate of drug-likeness (QED) is 0.696. The molecule has 3 N–H and O–H groups in total. The third kappa shape index (κ3) is 3.18. The zero-order chi connectivity index (χ0) is 12.1. The molecule has 0 radical (unpaired) electrons. The van der Waals surface area contributed by atoms with E-state index < -0.39 is 0 Å². The van der Waals surface area contributed by atoms with Crippen LogP contribution < -0.4 is 10.6 Å². The summed E-state index contributed by atoms with van der Waals surface area (Å²) in [5.74, 6) is -0.270. The van der Waals surface area contributed by atoms with Crippen molar-refractivity contribution in [3.63, 3.8) is 0 Å². The molecule has 5 heteroatoms. The van der Waals surface area contributed by atoms with Gasteiger partial charge in [-0.05, 0) is 12.1 Å². The SMILES string of the molecule is O=C(NCC1COCCN1)c1ccccc1O. The number of amides is 1. The number of nitrogens with one attached hydrogen (secondary N) is 2. The van der Waals surface area contributed by atoms with Gasteiger partial charge < -0.3 is 20.5 Å². The Kier molecular flexibility index (Phi) is 3.95. The van der Waals surface area contributed by atoms with E-state index in [1.54, 1.807) is 18.2 Å². The van der Waals surface area contributed by atoms with Gasteiger partial charge in [-0.3, -0.25) is 4.79 Å². The molecular formula is C12H16N2O3. The number of benzene rings is 1. The van der Waals surface area contributed by atoms with Crippen LogP contribution in [0, 0.1) is 0 Å². The van der Waals surface area contributed by atoms with Crippen LogP contribution in [0.2, 0.25) is 0 Å². The Morgan fingerprint density at radius 2 is 2.35 bits per heavy atom. The number of phenolic OH excluding ortho intramolecular Hbond substituents is 1. The molecule has 1 aliphatic heterocycles. The summed E-state index contributed by atoms with van der Waals surface area (Å²) in [6, 6.07) is 6.63. The number of phenols is 1. The Hall–Kier alpha value is -1.59. The smallest absolute Gasteiger partial charge is 0.255 e. The summed E-state index contributed by atoms with van der Waals surface area (Å²) < 4.78 is 5.28. The second-order valence-electron chi connectivity index (χ2n) is 3.95. The van der Waals surface area contributed by atoms with Crippen molar-refractivity contribution in [1.29, 1.82) is 0 Å². The lowest BCUT2D eigenvalue weighted by molar-refractivity contribution is 0.0734. The van der Waals surface area contributed by atoms with Crippen LogP contribution in [0.3, 0.4) is 0 Å². The standard InChI is InChI=1S/C12H16N2O3/c15-11-4-2-1-3-10(11)12(16)14-7-9-8-17-6-5-13-9/h1-4,9,13,15H,5-8H2,(H,14,16). The third-order valence-electron chi connectivity index (χ3n) is 2.66. The first-order valence-corrected chi connectivity index (χ1v) is 5.64. The number of morpholine rings is 1. The fraction of sp³-hybridized carbons (Fsp3) is 0.417. The van der Waals surface area contributed by atoms with Gasteiger partial charge in [0.2, 0.25) is 0 Å². The average molecular weight is 236 g/mol. The molecule has 1 fully saturated rings. The van der Waals surface area contributed by atoms with Gasteiger partial charge in [-0.1, -0.05) is 12.1 Å². The maximum absolute atomic E-state index is 11.8. The fourth-order valence-electron chi connectivity index (χ4n) is 1.73. The molecule has 1 heterocycles. The van der Waals surface area contributed by atoms with Crippen LogP contribution in [0.25, 0.3) is 0 Å². The van der Waals surface area contributed by atoms with Gasteiger partial charge in [0.05, 0.1) is 18.8 Å². The number of ether oxygens (including phenoxy) is 1. The highest BCUT2D eigenvalue weighted by atomic mass is 16.5. The molecule has 1 aromatic rings. The molecule has 1 amide bonds. The van der Waals surface area contributed by atoms with E-state index in [-0.39, 0.29) is 17.7 Å². The van der Waals surface area contributed by atoms with Gasteiger partial charge in [-0.25, -0.2) is 0 Å². The molecule has 5 nitrogen and oxygen atoms in total. The minimum Gasteiger partial charge on any atom is -0.507 e. The Morgan fingerprint density at radius 3 is 3.06 bits per heavy atom. The lowest BCUT2D eigenvalue weighted by Gasteiger charge is -2.23.